The number of sulfone groups is 1. The summed E-state index contributed by atoms with van der Waals surface area (Å²) in [6, 6.07) is 8.82. The summed E-state index contributed by atoms with van der Waals surface area (Å²) in [6.07, 6.45) is 2.61. The summed E-state index contributed by atoms with van der Waals surface area (Å²) < 4.78 is 48.5. The van der Waals surface area contributed by atoms with E-state index in [-0.39, 0.29) is 63.6 Å². The molecule has 228 valence electrons. The molecule has 0 radical (unpaired) electrons. The Morgan fingerprint density at radius 3 is 2.59 bits per heavy atom. The van der Waals surface area contributed by atoms with Crippen LogP contribution >= 0.6 is 11.6 Å². The second kappa shape index (κ2) is 11.4. The second-order valence-electron chi connectivity index (χ2n) is 10.7. The summed E-state index contributed by atoms with van der Waals surface area (Å²) in [5.74, 6) is -0.527. The number of nitrogens with zero attached hydrogens (tertiary/aromatic N) is 6. The largest absolute Gasteiger partial charge is 0.379 e. The van der Waals surface area contributed by atoms with Crippen molar-refractivity contribution in [3.05, 3.63) is 82.1 Å². The maximum atomic E-state index is 15.0. The Bertz CT molecular complexity index is 2000. The Balaban J connectivity index is 1.64. The van der Waals surface area contributed by atoms with Gasteiger partial charge in [-0.2, -0.15) is 4.98 Å². The first-order valence-corrected chi connectivity index (χ1v) is 15.8. The number of hydrogen-bond donors (Lipinski definition) is 0. The Morgan fingerprint density at radius 1 is 1.18 bits per heavy atom. The molecule has 2 aliphatic heterocycles. The van der Waals surface area contributed by atoms with Gasteiger partial charge in [-0.1, -0.05) is 30.3 Å². The van der Waals surface area contributed by atoms with Crippen molar-refractivity contribution in [3.63, 3.8) is 0 Å². The third-order valence-corrected chi connectivity index (χ3v) is 10.2. The van der Waals surface area contributed by atoms with Crippen LogP contribution in [0.5, 0.6) is 0 Å². The molecule has 1 atom stereocenters. The minimum absolute atomic E-state index is 0.00259. The number of rotatable bonds is 6. The van der Waals surface area contributed by atoms with Gasteiger partial charge < -0.3 is 14.5 Å². The first-order chi connectivity index (χ1) is 21.0. The molecule has 44 heavy (non-hydrogen) atoms. The topological polar surface area (TPSA) is 128 Å². The zero-order chi connectivity index (χ0) is 31.3. The van der Waals surface area contributed by atoms with Crippen LogP contribution in [0.2, 0.25) is 5.02 Å². The number of carbonyl (C=O) groups excluding carboxylic acids is 1. The van der Waals surface area contributed by atoms with Crippen molar-refractivity contribution >= 4 is 44.2 Å². The average Bonchev–Trinajstić information content (AvgIpc) is 2.96. The lowest BCUT2D eigenvalue weighted by molar-refractivity contribution is -0.126. The Kier molecular flexibility index (Phi) is 7.72. The van der Waals surface area contributed by atoms with Crippen LogP contribution in [-0.4, -0.2) is 82.9 Å². The lowest BCUT2D eigenvalue weighted by Crippen LogP contribution is -2.54. The summed E-state index contributed by atoms with van der Waals surface area (Å²) in [5, 5.41) is -0.690. The van der Waals surface area contributed by atoms with E-state index in [1.54, 1.807) is 30.0 Å². The molecular weight excluding hydrogens is 611 g/mol. The van der Waals surface area contributed by atoms with Gasteiger partial charge in [-0.05, 0) is 49.8 Å². The highest BCUT2D eigenvalue weighted by Gasteiger charge is 2.38. The first-order valence-electron chi connectivity index (χ1n) is 13.9. The van der Waals surface area contributed by atoms with E-state index in [1.165, 1.54) is 30.5 Å². The Morgan fingerprint density at radius 2 is 1.93 bits per heavy atom. The number of piperazine rings is 1. The fraction of sp³-hybridized carbons (Fsp3) is 0.300. The molecule has 0 saturated carbocycles. The monoisotopic (exact) mass is 638 g/mol. The number of anilines is 1. The van der Waals surface area contributed by atoms with Crippen molar-refractivity contribution in [2.45, 2.75) is 30.2 Å². The van der Waals surface area contributed by atoms with Crippen LogP contribution in [0, 0.1) is 12.7 Å². The van der Waals surface area contributed by atoms with Gasteiger partial charge in [0.2, 0.25) is 15.7 Å². The maximum absolute atomic E-state index is 15.0. The fourth-order valence-electron chi connectivity index (χ4n) is 5.53. The van der Waals surface area contributed by atoms with Crippen molar-refractivity contribution in [2.24, 2.45) is 0 Å². The van der Waals surface area contributed by atoms with E-state index >= 15 is 4.39 Å². The van der Waals surface area contributed by atoms with Gasteiger partial charge in [0.15, 0.2) is 10.7 Å². The summed E-state index contributed by atoms with van der Waals surface area (Å²) >= 11 is 6.73. The van der Waals surface area contributed by atoms with Crippen LogP contribution in [-0.2, 0) is 19.4 Å². The van der Waals surface area contributed by atoms with Gasteiger partial charge in [-0.15, -0.1) is 0 Å². The Hall–Kier alpha value is -4.20. The van der Waals surface area contributed by atoms with Gasteiger partial charge in [0.1, 0.15) is 16.9 Å². The molecule has 3 aromatic heterocycles. The molecule has 2 fully saturated rings. The minimum Gasteiger partial charge on any atom is -0.379 e. The van der Waals surface area contributed by atoms with Crippen molar-refractivity contribution in [1.82, 2.24) is 24.4 Å². The highest BCUT2D eigenvalue weighted by Crippen LogP contribution is 2.36. The lowest BCUT2D eigenvalue weighted by Gasteiger charge is -2.40. The summed E-state index contributed by atoms with van der Waals surface area (Å²) in [5.41, 5.74) is -0.185. The molecule has 1 amide bonds. The van der Waals surface area contributed by atoms with E-state index < -0.39 is 26.6 Å². The molecule has 11 nitrogen and oxygen atoms in total. The number of ether oxygens (including phenoxy) is 1. The predicted molar refractivity (Wildman–Crippen MR) is 163 cm³/mol. The fourth-order valence-corrected chi connectivity index (χ4v) is 7.38. The number of carbonyl (C=O) groups is 1. The molecule has 2 saturated heterocycles. The first kappa shape index (κ1) is 29.9. The van der Waals surface area contributed by atoms with Gasteiger partial charge in [0.05, 0.1) is 35.0 Å². The lowest BCUT2D eigenvalue weighted by atomic mass is 10.1. The number of halogens is 2. The molecule has 6 rings (SSSR count). The van der Waals surface area contributed by atoms with E-state index in [0.717, 1.165) is 4.57 Å². The van der Waals surface area contributed by atoms with Crippen LogP contribution < -0.4 is 10.6 Å². The van der Waals surface area contributed by atoms with E-state index in [2.05, 4.69) is 16.5 Å². The van der Waals surface area contributed by atoms with Crippen LogP contribution in [0.3, 0.4) is 0 Å². The number of benzene rings is 1. The zero-order valence-corrected chi connectivity index (χ0v) is 25.5. The molecule has 0 spiro atoms. The number of pyridine rings is 2. The maximum Gasteiger partial charge on any atom is 0.355 e. The number of aromatic nitrogens is 4. The third-order valence-electron chi connectivity index (χ3n) is 7.95. The second-order valence-corrected chi connectivity index (χ2v) is 13.3. The van der Waals surface area contributed by atoms with Crippen LogP contribution in [0.25, 0.3) is 28.0 Å². The highest BCUT2D eigenvalue weighted by molar-refractivity contribution is 7.92. The average molecular weight is 639 g/mol. The van der Waals surface area contributed by atoms with Gasteiger partial charge >= 0.3 is 5.69 Å². The summed E-state index contributed by atoms with van der Waals surface area (Å²) in [4.78, 5) is 43.2. The van der Waals surface area contributed by atoms with Crippen LogP contribution in [0.1, 0.15) is 12.5 Å². The number of hydrogen-bond acceptors (Lipinski definition) is 9. The van der Waals surface area contributed by atoms with Crippen molar-refractivity contribution in [3.8, 4) is 16.9 Å². The quantitative estimate of drug-likeness (QED) is 0.292. The molecule has 14 heteroatoms. The Labute approximate surface area is 257 Å². The SMILES string of the molecule is C=CC(=O)N1CCN(c2nc(=O)n(-c3c(C)ccnc3S(=O)(=O)C3COC3)c3nc(-c4ccccc4F)c(Cl)cc23)[C@@H](C)C1. The van der Waals surface area contributed by atoms with Crippen LogP contribution in [0.15, 0.2) is 65.1 Å². The summed E-state index contributed by atoms with van der Waals surface area (Å²) in [7, 11) is -4.02. The predicted octanol–water partition coefficient (Wildman–Crippen LogP) is 3.34. The standard InChI is InChI=1S/C30H28ClFN6O5S/c1-4-24(39)36-11-12-37(18(3)14-36)27-21-13-22(31)25(20-7-5-6-8-23(20)32)34-28(21)38(30(40)35-27)26-17(2)9-10-33-29(26)44(41,42)19-15-43-16-19/h4-10,13,18-19H,1,11-12,14-16H2,2-3H3/t18-/m0/s1. The molecule has 1 aromatic carbocycles. The normalized spacial score (nSPS) is 17.5. The number of fused-ring (bicyclic) bond motifs is 1. The highest BCUT2D eigenvalue weighted by atomic mass is 35.5. The van der Waals surface area contributed by atoms with E-state index in [4.69, 9.17) is 21.3 Å². The van der Waals surface area contributed by atoms with E-state index in [9.17, 15) is 18.0 Å². The molecule has 0 N–H and O–H groups in total. The van der Waals surface area contributed by atoms with E-state index in [0.29, 0.717) is 30.6 Å². The third kappa shape index (κ3) is 4.94. The van der Waals surface area contributed by atoms with Crippen molar-refractivity contribution in [2.75, 3.05) is 37.7 Å². The molecule has 0 bridgehead atoms. The molecular formula is C30H28ClFN6O5S. The van der Waals surface area contributed by atoms with Crippen molar-refractivity contribution < 1.29 is 22.3 Å². The number of aryl methyl sites for hydroxylation is 1. The van der Waals surface area contributed by atoms with Crippen molar-refractivity contribution in [1.29, 1.82) is 0 Å². The molecule has 0 unspecified atom stereocenters. The van der Waals surface area contributed by atoms with Gasteiger partial charge in [0, 0.05) is 37.4 Å². The van der Waals surface area contributed by atoms with Gasteiger partial charge in [-0.25, -0.2) is 32.1 Å². The smallest absolute Gasteiger partial charge is 0.355 e. The molecule has 2 aliphatic rings. The van der Waals surface area contributed by atoms with Crippen LogP contribution in [0.4, 0.5) is 10.2 Å². The zero-order valence-electron chi connectivity index (χ0n) is 23.9. The number of amides is 1. The molecule has 4 aromatic rings. The molecule has 5 heterocycles. The minimum atomic E-state index is -4.02. The summed E-state index contributed by atoms with van der Waals surface area (Å²) in [6.45, 7) is 8.16. The molecule has 0 aliphatic carbocycles. The van der Waals surface area contributed by atoms with Gasteiger partial charge in [0.25, 0.3) is 0 Å². The van der Waals surface area contributed by atoms with E-state index in [1.807, 2.05) is 11.8 Å². The van der Waals surface area contributed by atoms with Gasteiger partial charge in [-0.3, -0.25) is 4.79 Å².